The molecule has 0 unspecified atom stereocenters. The summed E-state index contributed by atoms with van der Waals surface area (Å²) in [5.74, 6) is 0. The third-order valence-corrected chi connectivity index (χ3v) is 7.21. The van der Waals surface area contributed by atoms with E-state index in [4.69, 9.17) is 0 Å². The molecule has 0 spiro atoms. The van der Waals surface area contributed by atoms with E-state index in [9.17, 15) is 8.42 Å². The van der Waals surface area contributed by atoms with E-state index in [0.29, 0.717) is 18.0 Å². The third-order valence-electron chi connectivity index (χ3n) is 5.01. The smallest absolute Gasteiger partial charge is 0.243 e. The summed E-state index contributed by atoms with van der Waals surface area (Å²) in [6.45, 7) is 9.19. The highest BCUT2D eigenvalue weighted by molar-refractivity contribution is 7.89. The lowest BCUT2D eigenvalue weighted by molar-refractivity contribution is 0.204. The number of hydrogen-bond acceptors (Lipinski definition) is 3. The Morgan fingerprint density at radius 3 is 2.07 bits per heavy atom. The van der Waals surface area contributed by atoms with Crippen LogP contribution in [0.15, 0.2) is 53.4 Å². The Bertz CT molecular complexity index is 896. The molecular weight excluding hydrogens is 392 g/mol. The fourth-order valence-electron chi connectivity index (χ4n) is 3.76. The first kappa shape index (κ1) is 22.6. The summed E-state index contributed by atoms with van der Waals surface area (Å²) in [4.78, 5) is 2.77. The fraction of sp³-hybridized carbons (Fsp3) is 0.364. The highest BCUT2D eigenvalue weighted by atomic mass is 35.5. The predicted molar refractivity (Wildman–Crippen MR) is 119 cm³/mol. The lowest BCUT2D eigenvalue weighted by Gasteiger charge is -2.34. The second-order valence-corrected chi connectivity index (χ2v) is 9.12. The van der Waals surface area contributed by atoms with Crippen molar-refractivity contribution in [2.24, 2.45) is 0 Å². The zero-order chi connectivity index (χ0) is 19.4. The van der Waals surface area contributed by atoms with Crippen LogP contribution >= 0.6 is 12.4 Å². The van der Waals surface area contributed by atoms with Crippen molar-refractivity contribution < 1.29 is 8.42 Å². The number of hydrogen-bond donors (Lipinski definition) is 0. The molecule has 1 aliphatic heterocycles. The van der Waals surface area contributed by atoms with Gasteiger partial charge in [-0.2, -0.15) is 4.31 Å². The molecule has 3 rings (SSSR count). The topological polar surface area (TPSA) is 40.6 Å². The molecule has 1 heterocycles. The van der Waals surface area contributed by atoms with Gasteiger partial charge in [-0.1, -0.05) is 60.2 Å². The maximum atomic E-state index is 13.1. The van der Waals surface area contributed by atoms with Crippen LogP contribution < -0.4 is 0 Å². The number of aryl methyl sites for hydroxylation is 3. The summed E-state index contributed by atoms with van der Waals surface area (Å²) in [5.41, 5.74) is 3.95. The van der Waals surface area contributed by atoms with Gasteiger partial charge in [0.25, 0.3) is 0 Å². The van der Waals surface area contributed by atoms with E-state index in [-0.39, 0.29) is 12.4 Å². The molecule has 0 radical (unpaired) electrons. The van der Waals surface area contributed by atoms with Crippen LogP contribution in [0.5, 0.6) is 0 Å². The van der Waals surface area contributed by atoms with Crippen LogP contribution in [0, 0.1) is 20.8 Å². The monoisotopic (exact) mass is 420 g/mol. The van der Waals surface area contributed by atoms with Crippen LogP contribution in [0.4, 0.5) is 0 Å². The van der Waals surface area contributed by atoms with Gasteiger partial charge in [-0.25, -0.2) is 8.42 Å². The van der Waals surface area contributed by atoms with E-state index in [1.165, 1.54) is 5.56 Å². The minimum Gasteiger partial charge on any atom is -0.297 e. The minimum absolute atomic E-state index is 0. The molecule has 0 N–H and O–H groups in total. The van der Waals surface area contributed by atoms with E-state index in [0.717, 1.165) is 36.3 Å². The SMILES string of the molecule is Cc1cc(C)c(S(=O)(=O)N2CCN(CC=Cc3ccccc3)CC2)c(C)c1.Cl. The zero-order valence-electron chi connectivity index (χ0n) is 16.8. The molecule has 0 amide bonds. The summed E-state index contributed by atoms with van der Waals surface area (Å²) in [5, 5.41) is 0. The van der Waals surface area contributed by atoms with Gasteiger partial charge in [-0.05, 0) is 37.5 Å². The van der Waals surface area contributed by atoms with E-state index in [1.54, 1.807) is 4.31 Å². The van der Waals surface area contributed by atoms with Crippen LogP contribution in [-0.4, -0.2) is 50.3 Å². The van der Waals surface area contributed by atoms with Gasteiger partial charge in [0.2, 0.25) is 10.0 Å². The summed E-state index contributed by atoms with van der Waals surface area (Å²) in [7, 11) is -3.44. The van der Waals surface area contributed by atoms with Crippen molar-refractivity contribution in [3.63, 3.8) is 0 Å². The molecule has 0 bridgehead atoms. The molecule has 0 atom stereocenters. The zero-order valence-corrected chi connectivity index (χ0v) is 18.4. The van der Waals surface area contributed by atoms with E-state index in [1.807, 2.05) is 51.1 Å². The molecule has 1 fully saturated rings. The Morgan fingerprint density at radius 1 is 0.929 bits per heavy atom. The molecule has 0 aliphatic carbocycles. The van der Waals surface area contributed by atoms with Gasteiger partial charge >= 0.3 is 0 Å². The summed E-state index contributed by atoms with van der Waals surface area (Å²) in [6, 6.07) is 14.1. The molecular formula is C22H29ClN2O2S. The first-order valence-corrected chi connectivity index (χ1v) is 10.8. The van der Waals surface area contributed by atoms with Gasteiger partial charge in [-0.15, -0.1) is 12.4 Å². The Kier molecular flexibility index (Phi) is 7.84. The molecule has 6 heteroatoms. The first-order chi connectivity index (χ1) is 12.9. The van der Waals surface area contributed by atoms with Gasteiger partial charge in [0, 0.05) is 32.7 Å². The van der Waals surface area contributed by atoms with Gasteiger partial charge in [0.15, 0.2) is 0 Å². The predicted octanol–water partition coefficient (Wildman–Crippen LogP) is 4.05. The maximum Gasteiger partial charge on any atom is 0.243 e. The molecule has 0 aromatic heterocycles. The van der Waals surface area contributed by atoms with Crippen molar-refractivity contribution in [3.05, 3.63) is 70.8 Å². The number of piperazine rings is 1. The van der Waals surface area contributed by atoms with Crippen LogP contribution in [0.25, 0.3) is 6.08 Å². The summed E-state index contributed by atoms with van der Waals surface area (Å²) in [6.07, 6.45) is 4.26. The van der Waals surface area contributed by atoms with Gasteiger partial charge in [0.05, 0.1) is 4.90 Å². The number of sulfonamides is 1. The van der Waals surface area contributed by atoms with Crippen LogP contribution in [0.1, 0.15) is 22.3 Å². The highest BCUT2D eigenvalue weighted by Gasteiger charge is 2.30. The van der Waals surface area contributed by atoms with E-state index < -0.39 is 10.0 Å². The summed E-state index contributed by atoms with van der Waals surface area (Å²) < 4.78 is 27.9. The Morgan fingerprint density at radius 2 is 1.50 bits per heavy atom. The highest BCUT2D eigenvalue weighted by Crippen LogP contribution is 2.26. The Labute approximate surface area is 175 Å². The van der Waals surface area contributed by atoms with E-state index in [2.05, 4.69) is 29.2 Å². The minimum atomic E-state index is -3.44. The van der Waals surface area contributed by atoms with Crippen molar-refractivity contribution >= 4 is 28.5 Å². The largest absolute Gasteiger partial charge is 0.297 e. The molecule has 1 aliphatic rings. The van der Waals surface area contributed by atoms with Crippen LogP contribution in [-0.2, 0) is 10.0 Å². The van der Waals surface area contributed by atoms with Gasteiger partial charge in [-0.3, -0.25) is 4.90 Å². The maximum absolute atomic E-state index is 13.1. The summed E-state index contributed by atoms with van der Waals surface area (Å²) >= 11 is 0. The molecule has 2 aromatic carbocycles. The average Bonchev–Trinajstić information content (AvgIpc) is 2.62. The Hall–Kier alpha value is -1.66. The van der Waals surface area contributed by atoms with Crippen molar-refractivity contribution in [1.29, 1.82) is 0 Å². The number of nitrogens with zero attached hydrogens (tertiary/aromatic N) is 2. The second-order valence-electron chi connectivity index (χ2n) is 7.25. The first-order valence-electron chi connectivity index (χ1n) is 9.40. The van der Waals surface area contributed by atoms with Crippen molar-refractivity contribution in [3.8, 4) is 0 Å². The standard InChI is InChI=1S/C22H28N2O2S.ClH/c1-18-16-19(2)22(20(3)17-18)27(25,26)24-14-12-23(13-15-24)11-7-10-21-8-5-4-6-9-21;/h4-10,16-17H,11-15H2,1-3H3;1H. The number of benzene rings is 2. The van der Waals surface area contributed by atoms with Crippen molar-refractivity contribution in [1.82, 2.24) is 9.21 Å². The normalized spacial score (nSPS) is 16.2. The van der Waals surface area contributed by atoms with Crippen molar-refractivity contribution in [2.45, 2.75) is 25.7 Å². The Balaban J connectivity index is 0.00000280. The van der Waals surface area contributed by atoms with E-state index >= 15 is 0 Å². The third kappa shape index (κ3) is 5.23. The molecule has 1 saturated heterocycles. The quantitative estimate of drug-likeness (QED) is 0.732. The lowest BCUT2D eigenvalue weighted by atomic mass is 10.1. The van der Waals surface area contributed by atoms with Crippen molar-refractivity contribution in [2.75, 3.05) is 32.7 Å². The average molecular weight is 421 g/mol. The molecule has 4 nitrogen and oxygen atoms in total. The molecule has 0 saturated carbocycles. The fourth-order valence-corrected chi connectivity index (χ4v) is 5.59. The number of halogens is 1. The van der Waals surface area contributed by atoms with Gasteiger partial charge in [0.1, 0.15) is 0 Å². The molecule has 152 valence electrons. The van der Waals surface area contributed by atoms with Gasteiger partial charge < -0.3 is 0 Å². The van der Waals surface area contributed by atoms with Crippen LogP contribution in [0.3, 0.4) is 0 Å². The molecule has 28 heavy (non-hydrogen) atoms. The number of rotatable bonds is 5. The molecule has 2 aromatic rings. The second kappa shape index (κ2) is 9.70. The lowest BCUT2D eigenvalue weighted by Crippen LogP contribution is -2.48. The van der Waals surface area contributed by atoms with Crippen LogP contribution in [0.2, 0.25) is 0 Å².